The molecule has 0 aliphatic heterocycles. The maximum Gasteiger partial charge on any atom is 0.405 e. The van der Waals surface area contributed by atoms with E-state index in [4.69, 9.17) is 22.8 Å². The molecule has 10 nitrogen and oxygen atoms in total. The first-order valence-corrected chi connectivity index (χ1v) is 17.6. The summed E-state index contributed by atoms with van der Waals surface area (Å²) in [6, 6.07) is 1.52. The fraction of sp³-hybridized carbons (Fsp3) is 0.909. The zero-order valence-electron chi connectivity index (χ0n) is 22.0. The third-order valence-corrected chi connectivity index (χ3v) is 12.0. The van der Waals surface area contributed by atoms with E-state index in [-0.39, 0.29) is 6.54 Å². The van der Waals surface area contributed by atoms with Crippen LogP contribution in [0.1, 0.15) is 66.2 Å². The highest BCUT2D eigenvalue weighted by Crippen LogP contribution is 2.31. The molecule has 0 fully saturated rings. The van der Waals surface area contributed by atoms with Crippen molar-refractivity contribution in [3.05, 3.63) is 0 Å². The van der Waals surface area contributed by atoms with Gasteiger partial charge in [-0.2, -0.15) is 0 Å². The van der Waals surface area contributed by atoms with Crippen LogP contribution in [-0.4, -0.2) is 78.0 Å². The highest BCUT2D eigenvalue weighted by atomic mass is 28.4. The van der Waals surface area contributed by atoms with Crippen LogP contribution >= 0.6 is 0 Å². The van der Waals surface area contributed by atoms with E-state index in [0.29, 0.717) is 52.1 Å². The van der Waals surface area contributed by atoms with Crippen molar-refractivity contribution in [2.45, 2.75) is 96.9 Å². The van der Waals surface area contributed by atoms with Gasteiger partial charge in [0.25, 0.3) is 0 Å². The Balaban J connectivity index is 5.46. The highest BCUT2D eigenvalue weighted by molar-refractivity contribution is 6.66. The van der Waals surface area contributed by atoms with Gasteiger partial charge in [-0.05, 0) is 91.4 Å². The average Bonchev–Trinajstić information content (AvgIpc) is 2.71. The van der Waals surface area contributed by atoms with Gasteiger partial charge in [0.05, 0.1) is 0 Å². The minimum atomic E-state index is -2.32. The molecule has 2 amide bonds. The minimum absolute atomic E-state index is 0.271. The largest absolute Gasteiger partial charge is 0.465 e. The van der Waals surface area contributed by atoms with Gasteiger partial charge in [0.15, 0.2) is 0 Å². The molecule has 202 valence electrons. The van der Waals surface area contributed by atoms with Crippen molar-refractivity contribution < 1.29 is 37.5 Å². The van der Waals surface area contributed by atoms with E-state index >= 15 is 0 Å². The first kappa shape index (κ1) is 32.8. The molecule has 0 saturated carbocycles. The van der Waals surface area contributed by atoms with Crippen LogP contribution in [0.2, 0.25) is 25.2 Å². The van der Waals surface area contributed by atoms with E-state index in [9.17, 15) is 14.7 Å². The molecule has 0 aliphatic rings. The third-order valence-electron chi connectivity index (χ3n) is 5.85. The van der Waals surface area contributed by atoms with Crippen LogP contribution < -0.4 is 10.6 Å². The third kappa shape index (κ3) is 14.3. The van der Waals surface area contributed by atoms with Gasteiger partial charge >= 0.3 is 29.3 Å². The van der Waals surface area contributed by atoms with E-state index in [1.807, 2.05) is 40.8 Å². The van der Waals surface area contributed by atoms with Gasteiger partial charge in [0.2, 0.25) is 0 Å². The number of hydrogen-bond donors (Lipinski definition) is 4. The summed E-state index contributed by atoms with van der Waals surface area (Å²) in [4.78, 5) is 22.6. The van der Waals surface area contributed by atoms with Gasteiger partial charge in [-0.25, -0.2) is 9.59 Å². The number of carbonyl (C=O) groups is 2. The molecule has 0 spiro atoms. The predicted molar refractivity (Wildman–Crippen MR) is 137 cm³/mol. The summed E-state index contributed by atoms with van der Waals surface area (Å²) < 4.78 is 23.8. The summed E-state index contributed by atoms with van der Waals surface area (Å²) in [7, 11) is -4.65. The summed E-state index contributed by atoms with van der Waals surface area (Å²) in [6.45, 7) is 14.5. The van der Waals surface area contributed by atoms with E-state index < -0.39 is 34.8 Å². The summed E-state index contributed by atoms with van der Waals surface area (Å²) in [5.41, 5.74) is -0.673. The summed E-state index contributed by atoms with van der Waals surface area (Å²) in [6.07, 6.45) is 1.65. The molecule has 0 bridgehead atoms. The van der Waals surface area contributed by atoms with Gasteiger partial charge in [-0.3, -0.25) is 0 Å². The average molecular weight is 525 g/mol. The zero-order valence-corrected chi connectivity index (χ0v) is 24.0. The molecule has 0 heterocycles. The van der Waals surface area contributed by atoms with Gasteiger partial charge in [-0.15, -0.1) is 0 Å². The van der Waals surface area contributed by atoms with Crippen LogP contribution in [0.5, 0.6) is 0 Å². The second-order valence-corrected chi connectivity index (χ2v) is 15.4. The molecule has 0 rings (SSSR count). The second-order valence-electron chi connectivity index (χ2n) is 8.75. The lowest BCUT2D eigenvalue weighted by molar-refractivity contribution is 0.160. The van der Waals surface area contributed by atoms with Gasteiger partial charge in [0.1, 0.15) is 0 Å². The van der Waals surface area contributed by atoms with E-state index in [2.05, 4.69) is 10.6 Å². The molecule has 0 saturated heterocycles. The maximum atomic E-state index is 11.8. The highest BCUT2D eigenvalue weighted by Gasteiger charge is 2.37. The second kappa shape index (κ2) is 17.3. The monoisotopic (exact) mass is 524 g/mol. The molecule has 0 aromatic carbocycles. The van der Waals surface area contributed by atoms with E-state index in [1.165, 1.54) is 0 Å². The van der Waals surface area contributed by atoms with Crippen LogP contribution in [-0.2, 0) is 17.7 Å². The number of rotatable bonds is 21. The lowest BCUT2D eigenvalue weighted by Gasteiger charge is -2.36. The number of nitrogens with one attached hydrogen (secondary N) is 2. The normalized spacial score (nSPS) is 12.5. The maximum absolute atomic E-state index is 11.8. The smallest absolute Gasteiger partial charge is 0.405 e. The van der Waals surface area contributed by atoms with Crippen LogP contribution in [0.3, 0.4) is 0 Å². The quantitative estimate of drug-likeness (QED) is 0.123. The van der Waals surface area contributed by atoms with Crippen LogP contribution in [0.15, 0.2) is 0 Å². The van der Waals surface area contributed by atoms with Gasteiger partial charge in [-0.1, -0.05) is 0 Å². The Hall–Kier alpha value is -1.19. The Bertz CT molecular complexity index is 543. The van der Waals surface area contributed by atoms with Crippen molar-refractivity contribution in [1.82, 2.24) is 10.6 Å². The molecular weight excluding hydrogens is 476 g/mol. The lowest BCUT2D eigenvalue weighted by atomic mass is 9.84. The molecule has 0 radical (unpaired) electrons. The first-order chi connectivity index (χ1) is 16.0. The Kier molecular flexibility index (Phi) is 16.7. The van der Waals surface area contributed by atoms with Gasteiger partial charge in [0, 0.05) is 38.5 Å². The minimum Gasteiger partial charge on any atom is -0.465 e. The molecule has 4 N–H and O–H groups in total. The molecule has 0 aromatic heterocycles. The molecular formula is C22H48N2O8Si2. The summed E-state index contributed by atoms with van der Waals surface area (Å²) in [5.74, 6) is 0. The van der Waals surface area contributed by atoms with Gasteiger partial charge < -0.3 is 38.6 Å². The van der Waals surface area contributed by atoms with Crippen molar-refractivity contribution in [2.24, 2.45) is 0 Å². The Morgan fingerprint density at radius 3 is 1.41 bits per heavy atom. The van der Waals surface area contributed by atoms with Crippen molar-refractivity contribution in [3.63, 3.8) is 0 Å². The van der Waals surface area contributed by atoms with Crippen LogP contribution in [0.4, 0.5) is 9.59 Å². The van der Waals surface area contributed by atoms with Crippen molar-refractivity contribution in [1.29, 1.82) is 0 Å². The predicted octanol–water partition coefficient (Wildman–Crippen LogP) is 4.89. The summed E-state index contributed by atoms with van der Waals surface area (Å²) >= 11 is 0. The standard InChI is InChI=1S/C22H48N2O8Si2/c1-7-29-33(5,30-8-2)18-12-15-22(24-21(27)28,14-11-17-23-20(25)26)16-13-19-34(6,31-9-3)32-10-4/h23-24H,7-19H2,1-6H3,(H,25,26)(H,27,28). The fourth-order valence-electron chi connectivity index (χ4n) is 4.50. The number of hydrogen-bond acceptors (Lipinski definition) is 6. The number of amides is 2. The zero-order chi connectivity index (χ0) is 26.1. The molecule has 12 heteroatoms. The molecule has 0 unspecified atom stereocenters. The fourth-order valence-corrected chi connectivity index (χ4v) is 9.33. The Morgan fingerprint density at radius 2 is 1.09 bits per heavy atom. The Labute approximate surface area is 207 Å². The topological polar surface area (TPSA) is 136 Å². The summed E-state index contributed by atoms with van der Waals surface area (Å²) in [5, 5.41) is 23.7. The lowest BCUT2D eigenvalue weighted by Crippen LogP contribution is -2.49. The van der Waals surface area contributed by atoms with E-state index in [1.54, 1.807) is 0 Å². The molecule has 0 atom stereocenters. The van der Waals surface area contributed by atoms with Crippen molar-refractivity contribution >= 4 is 29.3 Å². The SMILES string of the molecule is CCO[Si](C)(CCCC(CCCNC(=O)O)(CCC[Si](C)(OCC)OCC)NC(=O)O)OCC. The molecule has 0 aromatic rings. The van der Waals surface area contributed by atoms with Crippen LogP contribution in [0, 0.1) is 0 Å². The molecule has 0 aliphatic carbocycles. The number of carboxylic acid groups (broad SMARTS) is 2. The van der Waals surface area contributed by atoms with E-state index in [0.717, 1.165) is 24.9 Å². The Morgan fingerprint density at radius 1 is 0.706 bits per heavy atom. The van der Waals surface area contributed by atoms with Crippen molar-refractivity contribution in [3.8, 4) is 0 Å². The van der Waals surface area contributed by atoms with Crippen molar-refractivity contribution in [2.75, 3.05) is 33.0 Å². The first-order valence-electron chi connectivity index (χ1n) is 12.5. The molecule has 34 heavy (non-hydrogen) atoms. The van der Waals surface area contributed by atoms with Crippen LogP contribution in [0.25, 0.3) is 0 Å².